The summed E-state index contributed by atoms with van der Waals surface area (Å²) in [7, 11) is 1.74. The van der Waals surface area contributed by atoms with Crippen molar-refractivity contribution in [3.8, 4) is 0 Å². The number of hydrogen-bond acceptors (Lipinski definition) is 4. The van der Waals surface area contributed by atoms with E-state index in [4.69, 9.17) is 4.42 Å². The Bertz CT molecular complexity index is 894. The number of fused-ring (bicyclic) bond motifs is 1. The number of aromatic nitrogens is 2. The highest BCUT2D eigenvalue weighted by atomic mass is 16.3. The van der Waals surface area contributed by atoms with E-state index in [2.05, 4.69) is 10.4 Å². The van der Waals surface area contributed by atoms with Crippen LogP contribution < -0.4 is 5.32 Å². The van der Waals surface area contributed by atoms with Gasteiger partial charge in [0.1, 0.15) is 11.3 Å². The van der Waals surface area contributed by atoms with Crippen molar-refractivity contribution in [3.63, 3.8) is 0 Å². The van der Waals surface area contributed by atoms with Gasteiger partial charge in [-0.1, -0.05) is 32.0 Å². The summed E-state index contributed by atoms with van der Waals surface area (Å²) < 4.78 is 7.55. The van der Waals surface area contributed by atoms with Gasteiger partial charge in [0, 0.05) is 29.8 Å². The van der Waals surface area contributed by atoms with Crippen LogP contribution in [0.2, 0.25) is 0 Å². The van der Waals surface area contributed by atoms with Crippen molar-refractivity contribution in [1.82, 2.24) is 15.1 Å². The number of nitrogens with zero attached hydrogens (tertiary/aromatic N) is 2. The molecule has 0 bridgehead atoms. The molecule has 3 rings (SSSR count). The van der Waals surface area contributed by atoms with Crippen LogP contribution in [-0.2, 0) is 11.8 Å². The number of amides is 1. The average Bonchev–Trinajstić information content (AvgIpc) is 3.16. The Kier molecular flexibility index (Phi) is 4.63. The molecule has 2 N–H and O–H groups in total. The van der Waals surface area contributed by atoms with Crippen LogP contribution in [0.15, 0.2) is 41.1 Å². The van der Waals surface area contributed by atoms with Crippen molar-refractivity contribution in [2.45, 2.75) is 32.9 Å². The molecule has 0 fully saturated rings. The summed E-state index contributed by atoms with van der Waals surface area (Å²) in [6.07, 6.45) is 1.85. The first kappa shape index (κ1) is 17.2. The van der Waals surface area contributed by atoms with Gasteiger partial charge in [-0.05, 0) is 18.9 Å². The second-order valence-corrected chi connectivity index (χ2v) is 6.67. The van der Waals surface area contributed by atoms with Gasteiger partial charge < -0.3 is 14.8 Å². The summed E-state index contributed by atoms with van der Waals surface area (Å²) in [5.74, 6) is 0.360. The summed E-state index contributed by atoms with van der Waals surface area (Å²) in [6, 6.07) is 7.47. The van der Waals surface area contributed by atoms with E-state index >= 15 is 0 Å². The summed E-state index contributed by atoms with van der Waals surface area (Å²) >= 11 is 0. The van der Waals surface area contributed by atoms with E-state index < -0.39 is 12.0 Å². The predicted octanol–water partition coefficient (Wildman–Crippen LogP) is 3.02. The first-order valence-electron chi connectivity index (χ1n) is 8.33. The van der Waals surface area contributed by atoms with Crippen molar-refractivity contribution in [2.24, 2.45) is 13.0 Å². The van der Waals surface area contributed by atoms with Crippen molar-refractivity contribution >= 4 is 16.9 Å². The molecule has 0 spiro atoms. The van der Waals surface area contributed by atoms with Crippen LogP contribution in [0.1, 0.15) is 42.9 Å². The Hall–Kier alpha value is -2.60. The van der Waals surface area contributed by atoms with Crippen LogP contribution >= 0.6 is 0 Å². The summed E-state index contributed by atoms with van der Waals surface area (Å²) in [5.41, 5.74) is 2.26. The van der Waals surface area contributed by atoms with Gasteiger partial charge in [0.25, 0.3) is 5.91 Å². The van der Waals surface area contributed by atoms with E-state index in [0.717, 1.165) is 22.3 Å². The molecule has 3 aromatic rings. The number of aryl methyl sites for hydroxylation is 2. The number of carbonyl (C=O) groups is 1. The van der Waals surface area contributed by atoms with E-state index in [-0.39, 0.29) is 12.0 Å². The Labute approximate surface area is 146 Å². The molecule has 0 saturated carbocycles. The zero-order chi connectivity index (χ0) is 18.1. The number of furan rings is 1. The largest absolute Gasteiger partial charge is 0.459 e. The Morgan fingerprint density at radius 1 is 1.32 bits per heavy atom. The molecule has 1 amide bonds. The van der Waals surface area contributed by atoms with E-state index in [9.17, 15) is 9.90 Å². The van der Waals surface area contributed by atoms with E-state index in [0.29, 0.717) is 5.56 Å². The van der Waals surface area contributed by atoms with Crippen LogP contribution in [0.4, 0.5) is 0 Å². The molecule has 0 aliphatic carbocycles. The van der Waals surface area contributed by atoms with Crippen LogP contribution in [0.5, 0.6) is 0 Å². The minimum atomic E-state index is -1.26. The zero-order valence-corrected chi connectivity index (χ0v) is 14.9. The van der Waals surface area contributed by atoms with Crippen molar-refractivity contribution < 1.29 is 14.3 Å². The fraction of sp³-hybridized carbons (Fsp3) is 0.368. The molecule has 6 heteroatoms. The Morgan fingerprint density at radius 2 is 2.04 bits per heavy atom. The average molecular weight is 341 g/mol. The quantitative estimate of drug-likeness (QED) is 0.747. The van der Waals surface area contributed by atoms with Crippen LogP contribution in [0, 0.1) is 12.8 Å². The van der Waals surface area contributed by atoms with Gasteiger partial charge in [-0.25, -0.2) is 0 Å². The molecule has 132 valence electrons. The molecule has 6 nitrogen and oxygen atoms in total. The maximum atomic E-state index is 12.5. The maximum absolute atomic E-state index is 12.5. The van der Waals surface area contributed by atoms with Crippen molar-refractivity contribution in [3.05, 3.63) is 53.5 Å². The lowest BCUT2D eigenvalue weighted by molar-refractivity contribution is -0.130. The number of aliphatic hydroxyl groups excluding tert-OH is 1. The molecule has 1 aromatic carbocycles. The fourth-order valence-electron chi connectivity index (χ4n) is 2.99. The van der Waals surface area contributed by atoms with E-state index in [1.54, 1.807) is 17.9 Å². The third-order valence-electron chi connectivity index (χ3n) is 4.42. The third kappa shape index (κ3) is 3.30. The molecule has 0 saturated heterocycles. The minimum absolute atomic E-state index is 0.101. The number of aliphatic hydroxyl groups is 1. The van der Waals surface area contributed by atoms with Crippen LogP contribution in [0.25, 0.3) is 11.0 Å². The molecule has 0 unspecified atom stereocenters. The third-order valence-corrected chi connectivity index (χ3v) is 4.42. The number of para-hydroxylation sites is 1. The van der Waals surface area contributed by atoms with Gasteiger partial charge in [0.15, 0.2) is 6.10 Å². The number of benzene rings is 1. The van der Waals surface area contributed by atoms with E-state index in [1.807, 2.05) is 45.0 Å². The standard InChI is InChI=1S/C19H23N3O3/c1-11(2)16(18-12(3)14-7-5-6-8-15(14)25-18)21-19(24)17(23)13-9-20-22(4)10-13/h5-11,16-17,23H,1-4H3,(H,21,24)/t16-,17-/m1/s1. The Morgan fingerprint density at radius 3 is 2.64 bits per heavy atom. The second kappa shape index (κ2) is 6.72. The van der Waals surface area contributed by atoms with Crippen molar-refractivity contribution in [2.75, 3.05) is 0 Å². The normalized spacial score (nSPS) is 14.0. The molecule has 2 aromatic heterocycles. The predicted molar refractivity (Wildman–Crippen MR) is 94.8 cm³/mol. The van der Waals surface area contributed by atoms with Gasteiger partial charge in [0.2, 0.25) is 0 Å². The van der Waals surface area contributed by atoms with Gasteiger partial charge in [-0.15, -0.1) is 0 Å². The molecular weight excluding hydrogens is 318 g/mol. The summed E-state index contributed by atoms with van der Waals surface area (Å²) in [6.45, 7) is 6.00. The monoisotopic (exact) mass is 341 g/mol. The highest BCUT2D eigenvalue weighted by molar-refractivity contribution is 5.84. The van der Waals surface area contributed by atoms with Crippen molar-refractivity contribution in [1.29, 1.82) is 0 Å². The highest BCUT2D eigenvalue weighted by Gasteiger charge is 2.28. The van der Waals surface area contributed by atoms with Crippen LogP contribution in [-0.4, -0.2) is 20.8 Å². The number of hydrogen-bond donors (Lipinski definition) is 2. The summed E-state index contributed by atoms with van der Waals surface area (Å²) in [5, 5.41) is 18.2. The van der Waals surface area contributed by atoms with E-state index in [1.165, 1.54) is 6.20 Å². The first-order chi connectivity index (χ1) is 11.9. The Balaban J connectivity index is 1.88. The fourth-order valence-corrected chi connectivity index (χ4v) is 2.99. The zero-order valence-electron chi connectivity index (χ0n) is 14.9. The first-order valence-corrected chi connectivity index (χ1v) is 8.33. The molecular formula is C19H23N3O3. The molecule has 2 atom stereocenters. The molecule has 0 aliphatic heterocycles. The lowest BCUT2D eigenvalue weighted by Gasteiger charge is -2.22. The maximum Gasteiger partial charge on any atom is 0.254 e. The number of carbonyl (C=O) groups excluding carboxylic acids is 1. The molecule has 0 aliphatic rings. The lowest BCUT2D eigenvalue weighted by atomic mass is 9.97. The highest BCUT2D eigenvalue weighted by Crippen LogP contribution is 2.33. The van der Waals surface area contributed by atoms with Gasteiger partial charge in [-0.3, -0.25) is 9.48 Å². The van der Waals surface area contributed by atoms with Crippen LogP contribution in [0.3, 0.4) is 0 Å². The molecule has 25 heavy (non-hydrogen) atoms. The second-order valence-electron chi connectivity index (χ2n) is 6.67. The topological polar surface area (TPSA) is 80.3 Å². The number of rotatable bonds is 5. The molecule has 0 radical (unpaired) electrons. The lowest BCUT2D eigenvalue weighted by Crippen LogP contribution is -2.35. The minimum Gasteiger partial charge on any atom is -0.459 e. The number of nitrogens with one attached hydrogen (secondary N) is 1. The summed E-state index contributed by atoms with van der Waals surface area (Å²) in [4.78, 5) is 12.5. The molecule has 2 heterocycles. The SMILES string of the molecule is Cc1c([C@H](NC(=O)[C@H](O)c2cnn(C)c2)C(C)C)oc2ccccc12. The smallest absolute Gasteiger partial charge is 0.254 e. The van der Waals surface area contributed by atoms with Gasteiger partial charge in [-0.2, -0.15) is 5.10 Å². The van der Waals surface area contributed by atoms with Gasteiger partial charge >= 0.3 is 0 Å². The van der Waals surface area contributed by atoms with Gasteiger partial charge in [0.05, 0.1) is 12.2 Å².